The number of hydrogen-bond acceptors (Lipinski definition) is 5. The Kier molecular flexibility index (Phi) is 6.54. The molecule has 2 N–H and O–H groups in total. The van der Waals surface area contributed by atoms with E-state index in [1.807, 2.05) is 24.3 Å². The zero-order valence-corrected chi connectivity index (χ0v) is 16.7. The van der Waals surface area contributed by atoms with Crippen LogP contribution in [-0.4, -0.2) is 17.9 Å². The van der Waals surface area contributed by atoms with E-state index in [0.29, 0.717) is 17.3 Å². The van der Waals surface area contributed by atoms with Crippen molar-refractivity contribution in [2.24, 2.45) is 0 Å². The van der Waals surface area contributed by atoms with Gasteiger partial charge in [-0.05, 0) is 55.5 Å². The monoisotopic (exact) mass is 446 g/mol. The number of hydrogen-bond donors (Lipinski definition) is 2. The summed E-state index contributed by atoms with van der Waals surface area (Å²) in [5, 5.41) is 5.29. The number of nitrogens with one attached hydrogen (secondary N) is 2. The molecule has 1 aromatic carbocycles. The molecule has 3 rings (SSSR count). The van der Waals surface area contributed by atoms with Crippen LogP contribution in [0.3, 0.4) is 0 Å². The van der Waals surface area contributed by atoms with Crippen molar-refractivity contribution >= 4 is 27.7 Å². The fourth-order valence-corrected chi connectivity index (χ4v) is 2.60. The number of carbonyl (C=O) groups is 2. The molecule has 7 nitrogen and oxygen atoms in total. The van der Waals surface area contributed by atoms with E-state index < -0.39 is 11.9 Å². The van der Waals surface area contributed by atoms with Gasteiger partial charge in [0.15, 0.2) is 5.76 Å². The van der Waals surface area contributed by atoms with Gasteiger partial charge < -0.3 is 24.2 Å². The summed E-state index contributed by atoms with van der Waals surface area (Å²) in [5.41, 5.74) is 0. The third-order valence-electron chi connectivity index (χ3n) is 3.84. The molecule has 28 heavy (non-hydrogen) atoms. The summed E-state index contributed by atoms with van der Waals surface area (Å²) in [6.45, 7) is 2.04. The number of amides is 2. The number of carbonyl (C=O) groups excluding carboxylic acids is 2. The van der Waals surface area contributed by atoms with Crippen LogP contribution in [0, 0.1) is 0 Å². The second-order valence-corrected chi connectivity index (χ2v) is 6.92. The Bertz CT molecular complexity index is 918. The number of ether oxygens (including phenoxy) is 1. The maximum absolute atomic E-state index is 12.3. The molecule has 0 spiro atoms. The Labute approximate surface area is 170 Å². The maximum atomic E-state index is 12.3. The molecule has 8 heteroatoms. The highest BCUT2D eigenvalue weighted by Gasteiger charge is 2.19. The van der Waals surface area contributed by atoms with Gasteiger partial charge in [-0.2, -0.15) is 0 Å². The molecule has 1 atom stereocenters. The normalized spacial score (nSPS) is 11.6. The molecule has 2 aromatic heterocycles. The number of rotatable bonds is 8. The van der Waals surface area contributed by atoms with E-state index in [9.17, 15) is 9.59 Å². The number of furan rings is 2. The largest absolute Gasteiger partial charge is 0.486 e. The molecule has 3 aromatic rings. The molecule has 0 fully saturated rings. The van der Waals surface area contributed by atoms with Crippen molar-refractivity contribution < 1.29 is 23.2 Å². The van der Waals surface area contributed by atoms with Crippen molar-refractivity contribution in [3.05, 3.63) is 76.5 Å². The second-order valence-electron chi connectivity index (χ2n) is 6.00. The van der Waals surface area contributed by atoms with Crippen LogP contribution >= 0.6 is 15.9 Å². The molecule has 0 aliphatic heterocycles. The zero-order chi connectivity index (χ0) is 19.9. The smallest absolute Gasteiger partial charge is 0.287 e. The van der Waals surface area contributed by atoms with E-state index in [1.54, 1.807) is 31.2 Å². The minimum Gasteiger partial charge on any atom is -0.486 e. The van der Waals surface area contributed by atoms with Crippen LogP contribution in [0.25, 0.3) is 0 Å². The summed E-state index contributed by atoms with van der Waals surface area (Å²) < 4.78 is 17.2. The van der Waals surface area contributed by atoms with Crippen LogP contribution < -0.4 is 15.4 Å². The molecule has 1 unspecified atom stereocenters. The van der Waals surface area contributed by atoms with Gasteiger partial charge in [0.25, 0.3) is 5.91 Å². The minimum atomic E-state index is -0.727. The van der Waals surface area contributed by atoms with E-state index in [1.165, 1.54) is 6.26 Å². The van der Waals surface area contributed by atoms with Gasteiger partial charge in [0, 0.05) is 4.47 Å². The van der Waals surface area contributed by atoms with E-state index in [0.717, 1.165) is 4.47 Å². The Balaban J connectivity index is 1.47. The fraction of sp³-hybridized carbons (Fsp3) is 0.200. The van der Waals surface area contributed by atoms with E-state index in [2.05, 4.69) is 26.6 Å². The van der Waals surface area contributed by atoms with Crippen molar-refractivity contribution in [2.75, 3.05) is 0 Å². The first-order valence-corrected chi connectivity index (χ1v) is 9.38. The lowest BCUT2D eigenvalue weighted by molar-refractivity contribution is -0.122. The van der Waals surface area contributed by atoms with Crippen molar-refractivity contribution in [3.8, 4) is 5.75 Å². The third-order valence-corrected chi connectivity index (χ3v) is 4.37. The van der Waals surface area contributed by atoms with E-state index in [4.69, 9.17) is 13.6 Å². The summed E-state index contributed by atoms with van der Waals surface area (Å²) in [6.07, 6.45) is 1.53. The average Bonchev–Trinajstić information content (AvgIpc) is 3.37. The summed E-state index contributed by atoms with van der Waals surface area (Å²) in [6, 6.07) is 13.4. The standard InChI is InChI=1S/C20H19BrN2O5/c1-13(19(24)22-11-16-3-2-10-26-16)23-20(25)18-9-8-17(28-18)12-27-15-6-4-14(21)5-7-15/h2-10,13H,11-12H2,1H3,(H,22,24)(H,23,25). The molecule has 0 radical (unpaired) electrons. The molecule has 2 heterocycles. The summed E-state index contributed by atoms with van der Waals surface area (Å²) in [5.74, 6) is 1.13. The lowest BCUT2D eigenvalue weighted by Crippen LogP contribution is -2.44. The highest BCUT2D eigenvalue weighted by atomic mass is 79.9. The molecule has 0 aliphatic carbocycles. The highest BCUT2D eigenvalue weighted by Crippen LogP contribution is 2.18. The SMILES string of the molecule is CC(NC(=O)c1ccc(COc2ccc(Br)cc2)o1)C(=O)NCc1ccco1. The Morgan fingerprint density at radius 3 is 2.61 bits per heavy atom. The van der Waals surface area contributed by atoms with Crippen LogP contribution in [-0.2, 0) is 17.9 Å². The van der Waals surface area contributed by atoms with Crippen LogP contribution in [0.2, 0.25) is 0 Å². The van der Waals surface area contributed by atoms with Crippen LogP contribution in [0.4, 0.5) is 0 Å². The van der Waals surface area contributed by atoms with Gasteiger partial charge in [0.2, 0.25) is 5.91 Å². The molecular weight excluding hydrogens is 428 g/mol. The lowest BCUT2D eigenvalue weighted by atomic mass is 10.3. The first-order chi connectivity index (χ1) is 13.5. The number of halogens is 1. The quantitative estimate of drug-likeness (QED) is 0.550. The van der Waals surface area contributed by atoms with Gasteiger partial charge in [-0.25, -0.2) is 0 Å². The van der Waals surface area contributed by atoms with E-state index >= 15 is 0 Å². The van der Waals surface area contributed by atoms with Crippen molar-refractivity contribution in [1.29, 1.82) is 0 Å². The third kappa shape index (κ3) is 5.50. The summed E-state index contributed by atoms with van der Waals surface area (Å²) >= 11 is 3.36. The van der Waals surface area contributed by atoms with Gasteiger partial charge in [0.05, 0.1) is 12.8 Å². The predicted octanol–water partition coefficient (Wildman–Crippen LogP) is 3.65. The van der Waals surface area contributed by atoms with Crippen molar-refractivity contribution in [3.63, 3.8) is 0 Å². The summed E-state index contributed by atoms with van der Waals surface area (Å²) in [7, 11) is 0. The molecule has 0 aliphatic rings. The first kappa shape index (κ1) is 19.8. The van der Waals surface area contributed by atoms with Crippen LogP contribution in [0.15, 0.2) is 68.1 Å². The highest BCUT2D eigenvalue weighted by molar-refractivity contribution is 9.10. The molecule has 0 bridgehead atoms. The number of benzene rings is 1. The Hall–Kier alpha value is -3.00. The Morgan fingerprint density at radius 1 is 1.11 bits per heavy atom. The lowest BCUT2D eigenvalue weighted by Gasteiger charge is -2.12. The maximum Gasteiger partial charge on any atom is 0.287 e. The molecular formula is C20H19BrN2O5. The van der Waals surface area contributed by atoms with Crippen molar-refractivity contribution in [2.45, 2.75) is 26.1 Å². The molecule has 0 saturated carbocycles. The first-order valence-electron chi connectivity index (χ1n) is 8.59. The van der Waals surface area contributed by atoms with E-state index in [-0.39, 0.29) is 24.8 Å². The average molecular weight is 447 g/mol. The van der Waals surface area contributed by atoms with Gasteiger partial charge in [-0.3, -0.25) is 9.59 Å². The summed E-state index contributed by atoms with van der Waals surface area (Å²) in [4.78, 5) is 24.3. The minimum absolute atomic E-state index is 0.111. The zero-order valence-electron chi connectivity index (χ0n) is 15.1. The van der Waals surface area contributed by atoms with Gasteiger partial charge in [0.1, 0.15) is 29.9 Å². The molecule has 0 saturated heterocycles. The van der Waals surface area contributed by atoms with Gasteiger partial charge in [-0.1, -0.05) is 15.9 Å². The van der Waals surface area contributed by atoms with Crippen LogP contribution in [0.5, 0.6) is 5.75 Å². The molecule has 146 valence electrons. The fourth-order valence-electron chi connectivity index (χ4n) is 2.34. The van der Waals surface area contributed by atoms with Gasteiger partial charge in [-0.15, -0.1) is 0 Å². The van der Waals surface area contributed by atoms with Crippen LogP contribution in [0.1, 0.15) is 29.0 Å². The molecule has 2 amide bonds. The van der Waals surface area contributed by atoms with Crippen molar-refractivity contribution in [1.82, 2.24) is 10.6 Å². The topological polar surface area (TPSA) is 93.7 Å². The van der Waals surface area contributed by atoms with Gasteiger partial charge >= 0.3 is 0 Å². The Morgan fingerprint density at radius 2 is 1.89 bits per heavy atom. The second kappa shape index (κ2) is 9.27. The predicted molar refractivity (Wildman–Crippen MR) is 105 cm³/mol.